The summed E-state index contributed by atoms with van der Waals surface area (Å²) in [6.45, 7) is 2.52. The molecule has 0 spiro atoms. The topological polar surface area (TPSA) is 54.5 Å². The summed E-state index contributed by atoms with van der Waals surface area (Å²) in [5.41, 5.74) is 4.51. The van der Waals surface area contributed by atoms with Gasteiger partial charge in [-0.05, 0) is 49.1 Å². The van der Waals surface area contributed by atoms with Crippen molar-refractivity contribution in [3.63, 3.8) is 0 Å². The third-order valence-corrected chi connectivity index (χ3v) is 5.70. The molecule has 3 aromatic rings. The molecule has 6 heteroatoms. The number of ether oxygens (including phenoxy) is 1. The molecule has 1 saturated heterocycles. The minimum absolute atomic E-state index is 0.208. The summed E-state index contributed by atoms with van der Waals surface area (Å²) in [5.74, 6) is -0.546. The highest BCUT2D eigenvalue weighted by Crippen LogP contribution is 2.31. The molecule has 148 valence electrons. The molecule has 0 bridgehead atoms. The van der Waals surface area contributed by atoms with Crippen molar-refractivity contribution >= 4 is 28.2 Å². The third-order valence-electron chi connectivity index (χ3n) is 5.70. The van der Waals surface area contributed by atoms with Gasteiger partial charge in [-0.2, -0.15) is 0 Å². The number of nitrogens with zero attached hydrogens (tertiary/aromatic N) is 2. The first-order chi connectivity index (χ1) is 14.2. The number of amides is 1. The van der Waals surface area contributed by atoms with Crippen molar-refractivity contribution < 1.29 is 13.9 Å². The number of aryl methyl sites for hydroxylation is 1. The van der Waals surface area contributed by atoms with E-state index in [0.29, 0.717) is 43.2 Å². The molecule has 29 heavy (non-hydrogen) atoms. The number of hydrogen-bond donors (Lipinski definition) is 1. The standard InChI is InChI=1S/C23H22FN3O2/c24-18-14-15(8-9-21(18)27-10-12-29-13-11-27)25-23(28)22-16-4-1-2-6-19(16)26-20-7-3-5-17(20)22/h1-2,4,6,8-9,14H,3,5,7,10-13H2,(H,25,28). The first-order valence-electron chi connectivity index (χ1n) is 10.0. The molecule has 1 aromatic heterocycles. The molecular weight excluding hydrogens is 369 g/mol. The number of fused-ring (bicyclic) bond motifs is 2. The zero-order valence-electron chi connectivity index (χ0n) is 16.1. The van der Waals surface area contributed by atoms with Crippen LogP contribution in [0.4, 0.5) is 15.8 Å². The maximum Gasteiger partial charge on any atom is 0.256 e. The summed E-state index contributed by atoms with van der Waals surface area (Å²) >= 11 is 0. The second-order valence-electron chi connectivity index (χ2n) is 7.50. The number of halogens is 1. The van der Waals surface area contributed by atoms with E-state index in [4.69, 9.17) is 9.72 Å². The fourth-order valence-electron chi connectivity index (χ4n) is 4.31. The number of carbonyl (C=O) groups excluding carboxylic acids is 1. The first kappa shape index (κ1) is 18.1. The van der Waals surface area contributed by atoms with E-state index in [1.54, 1.807) is 12.1 Å². The molecule has 5 rings (SSSR count). The summed E-state index contributed by atoms with van der Waals surface area (Å²) in [7, 11) is 0. The minimum atomic E-state index is -0.338. The summed E-state index contributed by atoms with van der Waals surface area (Å²) in [6.07, 6.45) is 2.74. The SMILES string of the molecule is O=C(Nc1ccc(N2CCOCC2)c(F)c1)c1c2c(nc3ccccc13)CCC2. The molecule has 5 nitrogen and oxygen atoms in total. The van der Waals surface area contributed by atoms with Crippen LogP contribution < -0.4 is 10.2 Å². The van der Waals surface area contributed by atoms with Gasteiger partial charge in [0.1, 0.15) is 5.82 Å². The summed E-state index contributed by atoms with van der Waals surface area (Å²) in [5, 5.41) is 3.74. The van der Waals surface area contributed by atoms with Gasteiger partial charge >= 0.3 is 0 Å². The minimum Gasteiger partial charge on any atom is -0.378 e. The molecule has 2 heterocycles. The van der Waals surface area contributed by atoms with Gasteiger partial charge in [-0.15, -0.1) is 0 Å². The average Bonchev–Trinajstić information content (AvgIpc) is 3.20. The molecule has 0 unspecified atom stereocenters. The Bertz CT molecular complexity index is 1090. The number of hydrogen-bond acceptors (Lipinski definition) is 4. The van der Waals surface area contributed by atoms with Crippen molar-refractivity contribution in [1.82, 2.24) is 4.98 Å². The van der Waals surface area contributed by atoms with Crippen LogP contribution in [0.3, 0.4) is 0 Å². The van der Waals surface area contributed by atoms with Gasteiger partial charge < -0.3 is 15.0 Å². The van der Waals surface area contributed by atoms with Gasteiger partial charge in [0.15, 0.2) is 0 Å². The van der Waals surface area contributed by atoms with E-state index >= 15 is 0 Å². The number of aromatic nitrogens is 1. The number of morpholine rings is 1. The Kier molecular flexibility index (Phi) is 4.64. The second-order valence-corrected chi connectivity index (χ2v) is 7.50. The number of para-hydroxylation sites is 1. The summed E-state index contributed by atoms with van der Waals surface area (Å²) < 4.78 is 20.0. The summed E-state index contributed by atoms with van der Waals surface area (Å²) in [4.78, 5) is 19.9. The van der Waals surface area contributed by atoms with Crippen LogP contribution in [-0.4, -0.2) is 37.2 Å². The van der Waals surface area contributed by atoms with Crippen molar-refractivity contribution in [1.29, 1.82) is 0 Å². The Balaban J connectivity index is 1.46. The Hall–Kier alpha value is -2.99. The number of rotatable bonds is 3. The Morgan fingerprint density at radius 2 is 1.93 bits per heavy atom. The third kappa shape index (κ3) is 3.34. The molecule has 1 fully saturated rings. The van der Waals surface area contributed by atoms with Gasteiger partial charge in [0.2, 0.25) is 0 Å². The molecule has 0 radical (unpaired) electrons. The van der Waals surface area contributed by atoms with Gasteiger partial charge in [-0.25, -0.2) is 4.39 Å². The van der Waals surface area contributed by atoms with Gasteiger partial charge in [0, 0.05) is 29.9 Å². The molecule has 2 aromatic carbocycles. The largest absolute Gasteiger partial charge is 0.378 e. The van der Waals surface area contributed by atoms with Gasteiger partial charge in [-0.3, -0.25) is 9.78 Å². The van der Waals surface area contributed by atoms with Crippen LogP contribution in [0.1, 0.15) is 28.0 Å². The quantitative estimate of drug-likeness (QED) is 0.735. The molecule has 2 aliphatic rings. The van der Waals surface area contributed by atoms with Crippen molar-refractivity contribution in [3.8, 4) is 0 Å². The van der Waals surface area contributed by atoms with Crippen molar-refractivity contribution in [2.24, 2.45) is 0 Å². The zero-order valence-corrected chi connectivity index (χ0v) is 16.1. The van der Waals surface area contributed by atoms with E-state index in [1.165, 1.54) is 6.07 Å². The van der Waals surface area contributed by atoms with Crippen molar-refractivity contribution in [2.75, 3.05) is 36.5 Å². The Morgan fingerprint density at radius 1 is 1.10 bits per heavy atom. The monoisotopic (exact) mass is 391 g/mol. The molecule has 1 N–H and O–H groups in total. The highest BCUT2D eigenvalue weighted by molar-refractivity contribution is 6.13. The zero-order chi connectivity index (χ0) is 19.8. The van der Waals surface area contributed by atoms with Gasteiger partial charge in [0.25, 0.3) is 5.91 Å². The van der Waals surface area contributed by atoms with Crippen LogP contribution in [0, 0.1) is 5.82 Å². The van der Waals surface area contributed by atoms with Crippen molar-refractivity contribution in [2.45, 2.75) is 19.3 Å². The molecule has 1 aliphatic carbocycles. The number of pyridine rings is 1. The highest BCUT2D eigenvalue weighted by Gasteiger charge is 2.24. The highest BCUT2D eigenvalue weighted by atomic mass is 19.1. The van der Waals surface area contributed by atoms with Crippen LogP contribution in [0.2, 0.25) is 0 Å². The normalized spacial score (nSPS) is 16.1. The number of nitrogens with one attached hydrogen (secondary N) is 1. The fraction of sp³-hybridized carbons (Fsp3) is 0.304. The lowest BCUT2D eigenvalue weighted by Gasteiger charge is -2.29. The van der Waals surface area contributed by atoms with E-state index < -0.39 is 0 Å². The fourth-order valence-corrected chi connectivity index (χ4v) is 4.31. The van der Waals surface area contributed by atoms with E-state index in [0.717, 1.165) is 41.4 Å². The first-order valence-corrected chi connectivity index (χ1v) is 10.0. The molecule has 1 amide bonds. The molecule has 0 atom stereocenters. The lowest BCUT2D eigenvalue weighted by Crippen LogP contribution is -2.36. The predicted molar refractivity (Wildman–Crippen MR) is 111 cm³/mol. The Labute approximate surface area is 168 Å². The van der Waals surface area contributed by atoms with E-state index in [2.05, 4.69) is 5.32 Å². The second kappa shape index (κ2) is 7.44. The number of benzene rings is 2. The maximum absolute atomic E-state index is 14.7. The predicted octanol–water partition coefficient (Wildman–Crippen LogP) is 3.95. The molecule has 1 aliphatic heterocycles. The summed E-state index contributed by atoms with van der Waals surface area (Å²) in [6, 6.07) is 12.6. The van der Waals surface area contributed by atoms with Gasteiger partial charge in [-0.1, -0.05) is 18.2 Å². The van der Waals surface area contributed by atoms with Crippen LogP contribution in [-0.2, 0) is 17.6 Å². The Morgan fingerprint density at radius 3 is 2.76 bits per heavy atom. The lowest BCUT2D eigenvalue weighted by molar-refractivity contribution is 0.102. The van der Waals surface area contributed by atoms with E-state index in [9.17, 15) is 9.18 Å². The van der Waals surface area contributed by atoms with Crippen LogP contribution >= 0.6 is 0 Å². The van der Waals surface area contributed by atoms with Crippen LogP contribution in [0.5, 0.6) is 0 Å². The lowest BCUT2D eigenvalue weighted by atomic mass is 10.0. The maximum atomic E-state index is 14.7. The van der Waals surface area contributed by atoms with E-state index in [-0.39, 0.29) is 11.7 Å². The van der Waals surface area contributed by atoms with Crippen LogP contribution in [0.15, 0.2) is 42.5 Å². The molecule has 0 saturated carbocycles. The van der Waals surface area contributed by atoms with Crippen LogP contribution in [0.25, 0.3) is 10.9 Å². The number of anilines is 2. The smallest absolute Gasteiger partial charge is 0.256 e. The van der Waals surface area contributed by atoms with E-state index in [1.807, 2.05) is 29.2 Å². The average molecular weight is 391 g/mol. The van der Waals surface area contributed by atoms with Gasteiger partial charge in [0.05, 0.1) is 30.0 Å². The van der Waals surface area contributed by atoms with Crippen molar-refractivity contribution in [3.05, 3.63) is 65.1 Å². The number of carbonyl (C=O) groups is 1. The molecular formula is C23H22FN3O2.